The first-order chi connectivity index (χ1) is 7.18. The lowest BCUT2D eigenvalue weighted by molar-refractivity contribution is 0.0675. The summed E-state index contributed by atoms with van der Waals surface area (Å²) in [7, 11) is 1.75. The molecule has 0 radical (unpaired) electrons. The second kappa shape index (κ2) is 3.86. The van der Waals surface area contributed by atoms with Crippen molar-refractivity contribution in [1.29, 1.82) is 0 Å². The number of aromatic nitrogens is 1. The third kappa shape index (κ3) is 1.92. The summed E-state index contributed by atoms with van der Waals surface area (Å²) in [5.41, 5.74) is 0.0953. The molecule has 1 aliphatic rings. The first-order valence-corrected chi connectivity index (χ1v) is 4.85. The number of amides is 1. The molecule has 0 bridgehead atoms. The van der Waals surface area contributed by atoms with Crippen LogP contribution >= 0.6 is 0 Å². The quantitative estimate of drug-likeness (QED) is 0.682. The van der Waals surface area contributed by atoms with Crippen LogP contribution in [0.4, 0.5) is 0 Å². The van der Waals surface area contributed by atoms with Crippen LogP contribution in [-0.2, 0) is 0 Å². The van der Waals surface area contributed by atoms with Gasteiger partial charge in [0.15, 0.2) is 0 Å². The van der Waals surface area contributed by atoms with Crippen LogP contribution in [0.1, 0.15) is 10.5 Å². The molecule has 0 saturated carbocycles. The smallest absolute Gasteiger partial charge is 0.270 e. The summed E-state index contributed by atoms with van der Waals surface area (Å²) in [5.74, 6) is -0.140. The number of nitrogens with zero attached hydrogens (tertiary/aromatic N) is 1. The Morgan fingerprint density at radius 1 is 1.47 bits per heavy atom. The molecule has 1 aliphatic heterocycles. The zero-order valence-corrected chi connectivity index (χ0v) is 8.49. The Morgan fingerprint density at radius 3 is 2.73 bits per heavy atom. The van der Waals surface area contributed by atoms with Crippen LogP contribution in [0, 0.1) is 0 Å². The van der Waals surface area contributed by atoms with Crippen LogP contribution in [0.2, 0.25) is 0 Å². The minimum atomic E-state index is -0.249. The molecule has 2 rings (SSSR count). The average molecular weight is 207 g/mol. The topological polar surface area (TPSA) is 65.2 Å². The predicted molar refractivity (Wildman–Crippen MR) is 55.8 cm³/mol. The van der Waals surface area contributed by atoms with E-state index in [-0.39, 0.29) is 17.5 Å². The van der Waals surface area contributed by atoms with E-state index in [9.17, 15) is 9.59 Å². The number of rotatable bonds is 2. The van der Waals surface area contributed by atoms with Gasteiger partial charge in [0.25, 0.3) is 5.91 Å². The molecule has 0 spiro atoms. The van der Waals surface area contributed by atoms with Crippen molar-refractivity contribution in [2.24, 2.45) is 0 Å². The van der Waals surface area contributed by atoms with Gasteiger partial charge >= 0.3 is 0 Å². The van der Waals surface area contributed by atoms with Gasteiger partial charge in [-0.15, -0.1) is 0 Å². The fourth-order valence-corrected chi connectivity index (χ4v) is 1.48. The molecule has 80 valence electrons. The molecule has 2 heterocycles. The molecule has 5 heteroatoms. The largest absolute Gasteiger partial charge is 0.335 e. The van der Waals surface area contributed by atoms with Gasteiger partial charge in [-0.05, 0) is 6.07 Å². The Labute approximate surface area is 87.1 Å². The van der Waals surface area contributed by atoms with E-state index in [2.05, 4.69) is 10.3 Å². The first kappa shape index (κ1) is 9.92. The van der Waals surface area contributed by atoms with E-state index in [1.807, 2.05) is 0 Å². The number of hydrogen-bond donors (Lipinski definition) is 2. The first-order valence-electron chi connectivity index (χ1n) is 4.85. The van der Waals surface area contributed by atoms with Crippen molar-refractivity contribution in [3.63, 3.8) is 0 Å². The van der Waals surface area contributed by atoms with Gasteiger partial charge < -0.3 is 15.2 Å². The van der Waals surface area contributed by atoms with Crippen molar-refractivity contribution < 1.29 is 4.79 Å². The van der Waals surface area contributed by atoms with E-state index in [0.29, 0.717) is 5.69 Å². The fraction of sp³-hybridized carbons (Fsp3) is 0.400. The van der Waals surface area contributed by atoms with Gasteiger partial charge in [-0.25, -0.2) is 0 Å². The summed E-state index contributed by atoms with van der Waals surface area (Å²) in [6.07, 6.45) is 0. The van der Waals surface area contributed by atoms with Gasteiger partial charge in [0.2, 0.25) is 5.56 Å². The Morgan fingerprint density at radius 2 is 2.20 bits per heavy atom. The molecule has 1 aromatic heterocycles. The van der Waals surface area contributed by atoms with E-state index in [4.69, 9.17) is 0 Å². The molecule has 1 amide bonds. The monoisotopic (exact) mass is 207 g/mol. The van der Waals surface area contributed by atoms with Gasteiger partial charge in [-0.3, -0.25) is 9.59 Å². The van der Waals surface area contributed by atoms with Gasteiger partial charge in [0, 0.05) is 26.2 Å². The van der Waals surface area contributed by atoms with Crippen LogP contribution in [0.3, 0.4) is 0 Å². The molecule has 0 unspecified atom stereocenters. The van der Waals surface area contributed by atoms with E-state index < -0.39 is 0 Å². The Bertz CT molecular complexity index is 423. The number of H-pyrrole nitrogens is 1. The zero-order valence-electron chi connectivity index (χ0n) is 8.49. The second-order valence-electron chi connectivity index (χ2n) is 3.66. The van der Waals surface area contributed by atoms with Gasteiger partial charge in [0.05, 0.1) is 6.04 Å². The van der Waals surface area contributed by atoms with Crippen LogP contribution in [0.5, 0.6) is 0 Å². The molecule has 0 aliphatic carbocycles. The van der Waals surface area contributed by atoms with E-state index in [0.717, 1.165) is 13.1 Å². The Balaban J connectivity index is 2.16. The standard InChI is InChI=1S/C10H13N3O2/c1-13(7-5-11-6-7)10(15)8-3-2-4-9(14)12-8/h2-4,7,11H,5-6H2,1H3,(H,12,14). The highest BCUT2D eigenvalue weighted by molar-refractivity contribution is 5.92. The van der Waals surface area contributed by atoms with Gasteiger partial charge in [-0.1, -0.05) is 6.07 Å². The number of aromatic amines is 1. The summed E-state index contributed by atoms with van der Waals surface area (Å²) in [6, 6.07) is 4.83. The number of carbonyl (C=O) groups is 1. The second-order valence-corrected chi connectivity index (χ2v) is 3.66. The highest BCUT2D eigenvalue weighted by Gasteiger charge is 2.26. The van der Waals surface area contributed by atoms with Crippen LogP contribution < -0.4 is 10.9 Å². The maximum Gasteiger partial charge on any atom is 0.270 e. The molecule has 5 nitrogen and oxygen atoms in total. The SMILES string of the molecule is CN(C(=O)c1cccc(=O)[nH]1)C1CNC1. The third-order valence-corrected chi connectivity index (χ3v) is 2.63. The maximum atomic E-state index is 11.9. The maximum absolute atomic E-state index is 11.9. The molecular formula is C10H13N3O2. The number of likely N-dealkylation sites (N-methyl/N-ethyl adjacent to an activating group) is 1. The van der Waals surface area contributed by atoms with Crippen molar-refractivity contribution >= 4 is 5.91 Å². The van der Waals surface area contributed by atoms with E-state index in [1.165, 1.54) is 6.07 Å². The van der Waals surface area contributed by atoms with Crippen molar-refractivity contribution in [1.82, 2.24) is 15.2 Å². The highest BCUT2D eigenvalue weighted by Crippen LogP contribution is 2.06. The predicted octanol–water partition coefficient (Wildman–Crippen LogP) is -0.581. The Hall–Kier alpha value is -1.62. The van der Waals surface area contributed by atoms with E-state index in [1.54, 1.807) is 24.1 Å². The number of nitrogens with one attached hydrogen (secondary N) is 2. The number of hydrogen-bond acceptors (Lipinski definition) is 3. The lowest BCUT2D eigenvalue weighted by Crippen LogP contribution is -2.57. The summed E-state index contributed by atoms with van der Waals surface area (Å²) >= 11 is 0. The van der Waals surface area contributed by atoms with Crippen LogP contribution in [-0.4, -0.2) is 42.0 Å². The number of pyridine rings is 1. The summed E-state index contributed by atoms with van der Waals surface area (Å²) < 4.78 is 0. The third-order valence-electron chi connectivity index (χ3n) is 2.63. The van der Waals surface area contributed by atoms with Crippen molar-refractivity contribution in [3.05, 3.63) is 34.2 Å². The Kier molecular flexibility index (Phi) is 2.55. The molecule has 0 aromatic carbocycles. The zero-order chi connectivity index (χ0) is 10.8. The van der Waals surface area contributed by atoms with Crippen LogP contribution in [0.15, 0.2) is 23.0 Å². The lowest BCUT2D eigenvalue weighted by Gasteiger charge is -2.35. The molecule has 1 fully saturated rings. The lowest BCUT2D eigenvalue weighted by atomic mass is 10.1. The summed E-state index contributed by atoms with van der Waals surface area (Å²) in [4.78, 5) is 27.1. The normalized spacial score (nSPS) is 15.8. The molecule has 1 aromatic rings. The highest BCUT2D eigenvalue weighted by atomic mass is 16.2. The molecular weight excluding hydrogens is 194 g/mol. The molecule has 2 N–H and O–H groups in total. The van der Waals surface area contributed by atoms with Crippen LogP contribution in [0.25, 0.3) is 0 Å². The number of carbonyl (C=O) groups excluding carboxylic acids is 1. The summed E-state index contributed by atoms with van der Waals surface area (Å²) in [6.45, 7) is 1.64. The molecule has 0 atom stereocenters. The van der Waals surface area contributed by atoms with Gasteiger partial charge in [-0.2, -0.15) is 0 Å². The van der Waals surface area contributed by atoms with E-state index >= 15 is 0 Å². The average Bonchev–Trinajstić information content (AvgIpc) is 2.14. The fourth-order valence-electron chi connectivity index (χ4n) is 1.48. The van der Waals surface area contributed by atoms with Crippen molar-refractivity contribution in [3.8, 4) is 0 Å². The van der Waals surface area contributed by atoms with Crippen molar-refractivity contribution in [2.75, 3.05) is 20.1 Å². The van der Waals surface area contributed by atoms with Gasteiger partial charge in [0.1, 0.15) is 5.69 Å². The van der Waals surface area contributed by atoms with Crippen molar-refractivity contribution in [2.45, 2.75) is 6.04 Å². The minimum Gasteiger partial charge on any atom is -0.335 e. The minimum absolute atomic E-state index is 0.140. The molecule has 1 saturated heterocycles. The molecule has 15 heavy (non-hydrogen) atoms. The summed E-state index contributed by atoms with van der Waals surface area (Å²) in [5, 5.41) is 3.09.